The van der Waals surface area contributed by atoms with Crippen LogP contribution in [0.1, 0.15) is 37.6 Å². The van der Waals surface area contributed by atoms with Gasteiger partial charge in [-0.15, -0.1) is 0 Å². The van der Waals surface area contributed by atoms with Gasteiger partial charge in [0, 0.05) is 0 Å². The summed E-state index contributed by atoms with van der Waals surface area (Å²) in [7, 11) is -0.0895. The molecule has 0 bridgehead atoms. The van der Waals surface area contributed by atoms with Gasteiger partial charge in [0.25, 0.3) is 0 Å². The first-order chi connectivity index (χ1) is 10.9. The van der Waals surface area contributed by atoms with Crippen molar-refractivity contribution in [3.63, 3.8) is 0 Å². The third kappa shape index (κ3) is 2.59. The number of rotatable bonds is 1. The van der Waals surface area contributed by atoms with Crippen LogP contribution in [0, 0.1) is 0 Å². The Morgan fingerprint density at radius 3 is 1.71 bits per heavy atom. The van der Waals surface area contributed by atoms with E-state index < -0.39 is 0 Å². The van der Waals surface area contributed by atoms with Crippen LogP contribution in [0.25, 0.3) is 12.2 Å². The molecule has 1 fully saturated rings. The molecule has 0 amide bonds. The molecule has 5 rings (SSSR count). The van der Waals surface area contributed by atoms with Crippen LogP contribution >= 0.6 is 7.92 Å². The third-order valence-corrected chi connectivity index (χ3v) is 11.5. The first-order valence-electron chi connectivity index (χ1n) is 8.01. The van der Waals surface area contributed by atoms with Gasteiger partial charge in [0.15, 0.2) is 0 Å². The molecule has 120 valence electrons. The van der Waals surface area contributed by atoms with Crippen LogP contribution in [-0.4, -0.2) is 6.16 Å². The Morgan fingerprint density at radius 2 is 1.25 bits per heavy atom. The number of hydrogen-bond donors (Lipinski definition) is 0. The molecule has 0 saturated carbocycles. The molecule has 0 spiro atoms. The second-order valence-corrected chi connectivity index (χ2v) is 11.0. The first kappa shape index (κ1) is 18.4. The van der Waals surface area contributed by atoms with Crippen molar-refractivity contribution < 1.29 is 44.0 Å². The minimum absolute atomic E-state index is 0. The summed E-state index contributed by atoms with van der Waals surface area (Å²) in [5, 5.41) is 3.57. The van der Waals surface area contributed by atoms with E-state index in [1.54, 1.807) is 21.8 Å². The van der Waals surface area contributed by atoms with Crippen LogP contribution in [0.2, 0.25) is 0 Å². The number of fused-ring (bicyclic) bond motifs is 6. The molecule has 3 aliphatic rings. The summed E-state index contributed by atoms with van der Waals surface area (Å²) < 4.78 is 1.58. The molecule has 1 aliphatic heterocycles. The summed E-state index contributed by atoms with van der Waals surface area (Å²) in [5.74, 6) is 0. The molecule has 0 N–H and O–H groups in total. The number of benzene rings is 2. The van der Waals surface area contributed by atoms with Gasteiger partial charge < -0.3 is 24.8 Å². The molecule has 1 heterocycles. The van der Waals surface area contributed by atoms with E-state index in [-0.39, 0.29) is 51.9 Å². The van der Waals surface area contributed by atoms with Crippen molar-refractivity contribution in [2.75, 3.05) is 6.16 Å². The van der Waals surface area contributed by atoms with Crippen molar-refractivity contribution in [1.82, 2.24) is 0 Å². The van der Waals surface area contributed by atoms with E-state index in [4.69, 9.17) is 0 Å². The molecule has 0 nitrogen and oxygen atoms in total. The van der Waals surface area contributed by atoms with Crippen LogP contribution in [0.3, 0.4) is 0 Å². The van der Waals surface area contributed by atoms with Crippen molar-refractivity contribution in [3.05, 3.63) is 81.4 Å². The minimum Gasteiger partial charge on any atom is -1.00 e. The Hall–Kier alpha value is -0.356. The van der Waals surface area contributed by atoms with Gasteiger partial charge in [-0.3, -0.25) is 0 Å². The van der Waals surface area contributed by atoms with Crippen molar-refractivity contribution in [1.29, 1.82) is 0 Å². The molecule has 0 radical (unpaired) electrons. The Morgan fingerprint density at radius 1 is 0.792 bits per heavy atom. The standard InChI is InChI=1S/C20H17P.2ClH.Ti/c1-2-21(19-11-15-7-3-4-8-16(15)12-19)20-13-17-9-5-6-10-18(17)14-20;;;/h3-14H,2H2,1H3;2*1H;/q;;;+2/p-2. The van der Waals surface area contributed by atoms with Crippen molar-refractivity contribution in [3.8, 4) is 0 Å². The molecule has 4 heteroatoms. The summed E-state index contributed by atoms with van der Waals surface area (Å²) >= 11 is -0.0643. The SMILES string of the molecule is CCP1C2=Cc3ccccc3[CH]2[Ti+2][CH]2C1=Cc1ccccc12.[Cl-].[Cl-]. The molecule has 24 heavy (non-hydrogen) atoms. The van der Waals surface area contributed by atoms with Crippen LogP contribution in [0.4, 0.5) is 0 Å². The second-order valence-electron chi connectivity index (χ2n) is 6.17. The molecule has 0 aromatic heterocycles. The summed E-state index contributed by atoms with van der Waals surface area (Å²) in [6.45, 7) is 2.39. The maximum atomic E-state index is 2.54. The molecule has 2 aliphatic carbocycles. The van der Waals surface area contributed by atoms with E-state index in [2.05, 4.69) is 67.6 Å². The van der Waals surface area contributed by atoms with Crippen molar-refractivity contribution >= 4 is 20.1 Å². The van der Waals surface area contributed by atoms with Gasteiger partial charge in [0.2, 0.25) is 0 Å². The van der Waals surface area contributed by atoms with Crippen molar-refractivity contribution in [2.45, 2.75) is 15.4 Å². The second kappa shape index (κ2) is 7.10. The van der Waals surface area contributed by atoms with E-state index in [0.29, 0.717) is 0 Å². The van der Waals surface area contributed by atoms with Crippen molar-refractivity contribution in [2.24, 2.45) is 0 Å². The Balaban J connectivity index is 0.000000845. The molecule has 2 atom stereocenters. The average Bonchev–Trinajstić information content (AvgIpc) is 3.11. The largest absolute Gasteiger partial charge is 1.00 e. The average molecular weight is 407 g/mol. The molecular formula is C20H17Cl2PTi. The van der Waals surface area contributed by atoms with Gasteiger partial charge in [-0.05, 0) is 0 Å². The molecule has 1 saturated heterocycles. The van der Waals surface area contributed by atoms with Gasteiger partial charge in [-0.2, -0.15) is 0 Å². The van der Waals surface area contributed by atoms with Crippen LogP contribution < -0.4 is 24.8 Å². The van der Waals surface area contributed by atoms with Crippen LogP contribution in [-0.2, 0) is 19.2 Å². The van der Waals surface area contributed by atoms with Gasteiger partial charge in [-0.25, -0.2) is 0 Å². The van der Waals surface area contributed by atoms with Gasteiger partial charge in [-0.1, -0.05) is 0 Å². The maximum absolute atomic E-state index is 2.54. The summed E-state index contributed by atoms with van der Waals surface area (Å²) in [6.07, 6.45) is 6.38. The van der Waals surface area contributed by atoms with E-state index in [1.807, 2.05) is 0 Å². The molecular weight excluding hydrogens is 390 g/mol. The zero-order valence-corrected chi connectivity index (χ0v) is 17.3. The zero-order chi connectivity index (χ0) is 14.7. The van der Waals surface area contributed by atoms with E-state index in [1.165, 1.54) is 17.3 Å². The van der Waals surface area contributed by atoms with E-state index in [9.17, 15) is 0 Å². The smallest absolute Gasteiger partial charge is 1.00 e. The summed E-state index contributed by atoms with van der Waals surface area (Å²) in [5.41, 5.74) is 6.26. The van der Waals surface area contributed by atoms with Crippen LogP contribution in [0.5, 0.6) is 0 Å². The normalized spacial score (nSPS) is 24.5. The fourth-order valence-electron chi connectivity index (χ4n) is 4.11. The Labute approximate surface area is 166 Å². The van der Waals surface area contributed by atoms with E-state index in [0.717, 1.165) is 8.45 Å². The molecule has 2 aromatic rings. The van der Waals surface area contributed by atoms with E-state index >= 15 is 0 Å². The zero-order valence-electron chi connectivity index (χ0n) is 13.3. The fraction of sp³-hybridized carbons (Fsp3) is 0.200. The maximum Gasteiger partial charge on any atom is -1.00 e. The molecule has 2 unspecified atom stereocenters. The van der Waals surface area contributed by atoms with Gasteiger partial charge >= 0.3 is 142 Å². The minimum atomic E-state index is -0.0895. The predicted octanol–water partition coefficient (Wildman–Crippen LogP) is -0.216. The monoisotopic (exact) mass is 406 g/mol. The Bertz CT molecular complexity index is 776. The van der Waals surface area contributed by atoms with Crippen LogP contribution in [0.15, 0.2) is 59.2 Å². The first-order valence-corrected chi connectivity index (χ1v) is 11.3. The Kier molecular flexibility index (Phi) is 5.46. The third-order valence-electron chi connectivity index (χ3n) is 5.09. The predicted molar refractivity (Wildman–Crippen MR) is 91.8 cm³/mol. The summed E-state index contributed by atoms with van der Waals surface area (Å²) in [4.78, 5) is 0. The number of halogens is 2. The number of allylic oxidation sites excluding steroid dienone is 2. The number of hydrogen-bond acceptors (Lipinski definition) is 0. The summed E-state index contributed by atoms with van der Waals surface area (Å²) in [6, 6.07) is 18.2. The molecule has 2 aromatic carbocycles. The topological polar surface area (TPSA) is 0 Å². The fourth-order valence-corrected chi connectivity index (χ4v) is 11.4. The quantitative estimate of drug-likeness (QED) is 0.454. The van der Waals surface area contributed by atoms with Gasteiger partial charge in [0.1, 0.15) is 0 Å². The van der Waals surface area contributed by atoms with Gasteiger partial charge in [0.05, 0.1) is 0 Å².